The number of benzene rings is 2. The summed E-state index contributed by atoms with van der Waals surface area (Å²) in [5.74, 6) is -0.415. The minimum atomic E-state index is -0.495. The van der Waals surface area contributed by atoms with E-state index in [2.05, 4.69) is 15.6 Å². The lowest BCUT2D eigenvalue weighted by Gasteiger charge is -2.07. The maximum absolute atomic E-state index is 14.1. The average molecular weight is 388 g/mol. The Bertz CT molecular complexity index is 962. The van der Waals surface area contributed by atoms with Crippen molar-refractivity contribution >= 4 is 5.91 Å². The zero-order valence-corrected chi connectivity index (χ0v) is 15.1. The molecule has 1 aromatic heterocycles. The Kier molecular flexibility index (Phi) is 6.15. The molecule has 0 atom stereocenters. The van der Waals surface area contributed by atoms with Crippen molar-refractivity contribution in [3.8, 4) is 22.8 Å². The van der Waals surface area contributed by atoms with Gasteiger partial charge in [0.25, 0.3) is 0 Å². The lowest BCUT2D eigenvalue weighted by molar-refractivity contribution is -0.121. The third kappa shape index (κ3) is 5.03. The Balaban J connectivity index is 1.48. The Morgan fingerprint density at radius 2 is 2.04 bits per heavy atom. The molecule has 1 amide bonds. The summed E-state index contributed by atoms with van der Waals surface area (Å²) in [6, 6.07) is 10.1. The fourth-order valence-electron chi connectivity index (χ4n) is 2.45. The van der Waals surface area contributed by atoms with Gasteiger partial charge < -0.3 is 14.8 Å². The van der Waals surface area contributed by atoms with E-state index in [1.165, 1.54) is 48.3 Å². The standard InChI is InChI=1S/C19H18F2N4O3/c1-27-14-5-6-16(17(21)10-14)18-11-25(24-23-18)12-19(26)22-7-8-28-15-4-2-3-13(20)9-15/h2-6,9-11H,7-8,12H2,1H3,(H,22,26). The van der Waals surface area contributed by atoms with Gasteiger partial charge in [-0.25, -0.2) is 13.5 Å². The molecule has 0 saturated carbocycles. The molecule has 1 N–H and O–H groups in total. The summed E-state index contributed by atoms with van der Waals surface area (Å²) >= 11 is 0. The SMILES string of the molecule is COc1ccc(-c2cn(CC(=O)NCCOc3cccc(F)c3)nn2)c(F)c1. The van der Waals surface area contributed by atoms with E-state index in [4.69, 9.17) is 9.47 Å². The van der Waals surface area contributed by atoms with Crippen LogP contribution in [0.4, 0.5) is 8.78 Å². The number of carbonyl (C=O) groups excluding carboxylic acids is 1. The predicted molar refractivity (Wildman–Crippen MR) is 96.9 cm³/mol. The van der Waals surface area contributed by atoms with Crippen molar-refractivity contribution in [1.82, 2.24) is 20.3 Å². The van der Waals surface area contributed by atoms with Gasteiger partial charge in [-0.15, -0.1) is 5.10 Å². The smallest absolute Gasteiger partial charge is 0.241 e. The van der Waals surface area contributed by atoms with Crippen LogP contribution in [0.3, 0.4) is 0 Å². The fraction of sp³-hybridized carbons (Fsp3) is 0.211. The van der Waals surface area contributed by atoms with E-state index in [1.807, 2.05) is 0 Å². The minimum Gasteiger partial charge on any atom is -0.497 e. The van der Waals surface area contributed by atoms with Gasteiger partial charge in [0.2, 0.25) is 5.91 Å². The normalized spacial score (nSPS) is 10.5. The summed E-state index contributed by atoms with van der Waals surface area (Å²) in [6.07, 6.45) is 1.48. The van der Waals surface area contributed by atoms with Crippen molar-refractivity contribution in [3.05, 3.63) is 60.3 Å². The average Bonchev–Trinajstić information content (AvgIpc) is 3.13. The number of halogens is 2. The highest BCUT2D eigenvalue weighted by molar-refractivity contribution is 5.75. The van der Waals surface area contributed by atoms with Crippen LogP contribution in [0.2, 0.25) is 0 Å². The lowest BCUT2D eigenvalue weighted by atomic mass is 10.1. The molecule has 0 radical (unpaired) electrons. The monoisotopic (exact) mass is 388 g/mol. The molecule has 2 aromatic carbocycles. The van der Waals surface area contributed by atoms with Crippen LogP contribution in [0.25, 0.3) is 11.3 Å². The molecule has 3 rings (SSSR count). The lowest BCUT2D eigenvalue weighted by Crippen LogP contribution is -2.31. The molecule has 0 aliphatic rings. The number of hydrogen-bond acceptors (Lipinski definition) is 5. The Morgan fingerprint density at radius 3 is 2.79 bits per heavy atom. The summed E-state index contributed by atoms with van der Waals surface area (Å²) in [4.78, 5) is 12.0. The molecule has 0 aliphatic heterocycles. The Labute approximate surface area is 159 Å². The molecule has 0 spiro atoms. The number of methoxy groups -OCH3 is 1. The van der Waals surface area contributed by atoms with Gasteiger partial charge in [-0.3, -0.25) is 4.79 Å². The van der Waals surface area contributed by atoms with Gasteiger partial charge in [0, 0.05) is 17.7 Å². The highest BCUT2D eigenvalue weighted by Gasteiger charge is 2.12. The zero-order valence-electron chi connectivity index (χ0n) is 15.1. The van der Waals surface area contributed by atoms with Crippen molar-refractivity contribution in [2.75, 3.05) is 20.3 Å². The highest BCUT2D eigenvalue weighted by atomic mass is 19.1. The van der Waals surface area contributed by atoms with Crippen molar-refractivity contribution in [2.24, 2.45) is 0 Å². The molecule has 0 bridgehead atoms. The number of hydrogen-bond donors (Lipinski definition) is 1. The van der Waals surface area contributed by atoms with Gasteiger partial charge in [-0.2, -0.15) is 0 Å². The maximum atomic E-state index is 14.1. The third-order valence-electron chi connectivity index (χ3n) is 3.79. The molecule has 146 valence electrons. The van der Waals surface area contributed by atoms with Crippen LogP contribution < -0.4 is 14.8 Å². The first-order chi connectivity index (χ1) is 13.5. The number of ether oxygens (including phenoxy) is 2. The molecule has 7 nitrogen and oxygen atoms in total. The second-order valence-corrected chi connectivity index (χ2v) is 5.80. The molecule has 0 aliphatic carbocycles. The summed E-state index contributed by atoms with van der Waals surface area (Å²) in [6.45, 7) is 0.351. The quantitative estimate of drug-likeness (QED) is 0.600. The number of rotatable bonds is 8. The molecular weight excluding hydrogens is 370 g/mol. The molecule has 28 heavy (non-hydrogen) atoms. The number of nitrogens with one attached hydrogen (secondary N) is 1. The minimum absolute atomic E-state index is 0.0786. The van der Waals surface area contributed by atoms with Gasteiger partial charge in [-0.05, 0) is 24.3 Å². The third-order valence-corrected chi connectivity index (χ3v) is 3.79. The maximum Gasteiger partial charge on any atom is 0.241 e. The van der Waals surface area contributed by atoms with E-state index in [1.54, 1.807) is 12.1 Å². The van der Waals surface area contributed by atoms with Gasteiger partial charge in [0.15, 0.2) is 0 Å². The topological polar surface area (TPSA) is 78.3 Å². The van der Waals surface area contributed by atoms with Crippen molar-refractivity contribution in [3.63, 3.8) is 0 Å². The molecule has 3 aromatic rings. The second-order valence-electron chi connectivity index (χ2n) is 5.80. The first-order valence-corrected chi connectivity index (χ1v) is 8.44. The van der Waals surface area contributed by atoms with E-state index in [0.29, 0.717) is 17.2 Å². The molecule has 0 fully saturated rings. The van der Waals surface area contributed by atoms with Crippen molar-refractivity contribution in [1.29, 1.82) is 0 Å². The fourth-order valence-corrected chi connectivity index (χ4v) is 2.45. The second kappa shape index (κ2) is 8.94. The van der Waals surface area contributed by atoms with Gasteiger partial charge in [0.05, 0.1) is 19.9 Å². The summed E-state index contributed by atoms with van der Waals surface area (Å²) in [5, 5.41) is 10.4. The van der Waals surface area contributed by atoms with Gasteiger partial charge in [0.1, 0.15) is 42.0 Å². The number of carbonyl (C=O) groups is 1. The number of amides is 1. The summed E-state index contributed by atoms with van der Waals surface area (Å²) in [5.41, 5.74) is 0.568. The predicted octanol–water partition coefficient (Wildman–Crippen LogP) is 2.43. The van der Waals surface area contributed by atoms with Crippen molar-refractivity contribution < 1.29 is 23.0 Å². The van der Waals surface area contributed by atoms with Crippen LogP contribution in [0, 0.1) is 11.6 Å². The molecule has 0 saturated heterocycles. The van der Waals surface area contributed by atoms with E-state index in [9.17, 15) is 13.6 Å². The first kappa shape index (κ1) is 19.3. The molecule has 1 heterocycles. The Morgan fingerprint density at radius 1 is 1.18 bits per heavy atom. The number of aromatic nitrogens is 3. The van der Waals surface area contributed by atoms with Crippen LogP contribution >= 0.6 is 0 Å². The van der Waals surface area contributed by atoms with Crippen LogP contribution in [0.5, 0.6) is 11.5 Å². The van der Waals surface area contributed by atoms with Crippen LogP contribution in [-0.2, 0) is 11.3 Å². The molecular formula is C19H18F2N4O3. The summed E-state index contributed by atoms with van der Waals surface area (Å²) < 4.78 is 38.7. The highest BCUT2D eigenvalue weighted by Crippen LogP contribution is 2.24. The van der Waals surface area contributed by atoms with E-state index in [0.717, 1.165) is 0 Å². The zero-order chi connectivity index (χ0) is 19.9. The summed E-state index contributed by atoms with van der Waals surface area (Å²) in [7, 11) is 1.45. The van der Waals surface area contributed by atoms with E-state index < -0.39 is 11.6 Å². The van der Waals surface area contributed by atoms with Crippen molar-refractivity contribution in [2.45, 2.75) is 6.54 Å². The van der Waals surface area contributed by atoms with E-state index in [-0.39, 0.29) is 31.2 Å². The van der Waals surface area contributed by atoms with Gasteiger partial charge >= 0.3 is 0 Å². The van der Waals surface area contributed by atoms with E-state index >= 15 is 0 Å². The number of nitrogens with zero attached hydrogens (tertiary/aromatic N) is 3. The van der Waals surface area contributed by atoms with Gasteiger partial charge in [-0.1, -0.05) is 11.3 Å². The Hall–Kier alpha value is -3.49. The molecule has 0 unspecified atom stereocenters. The molecule has 9 heteroatoms. The largest absolute Gasteiger partial charge is 0.497 e. The van der Waals surface area contributed by atoms with Crippen LogP contribution in [-0.4, -0.2) is 41.2 Å². The van der Waals surface area contributed by atoms with Crippen LogP contribution in [0.1, 0.15) is 0 Å². The van der Waals surface area contributed by atoms with Crippen LogP contribution in [0.15, 0.2) is 48.7 Å². The first-order valence-electron chi connectivity index (χ1n) is 8.44.